The second kappa shape index (κ2) is 14.4. The van der Waals surface area contributed by atoms with Gasteiger partial charge in [-0.2, -0.15) is 0 Å². The molecule has 0 saturated carbocycles. The summed E-state index contributed by atoms with van der Waals surface area (Å²) in [6.07, 6.45) is 3.46. The van der Waals surface area contributed by atoms with Crippen molar-refractivity contribution in [1.29, 1.82) is 0 Å². The fourth-order valence-electron chi connectivity index (χ4n) is 8.78. The smallest absolute Gasteiger partial charge is 0.264 e. The molecule has 5 aliphatic heterocycles. The number of nitrogens with one attached hydrogen (secondary N) is 2. The molecule has 2 N–H and O–H groups in total. The van der Waals surface area contributed by atoms with Crippen molar-refractivity contribution in [2.24, 2.45) is 0 Å². The van der Waals surface area contributed by atoms with Crippen molar-refractivity contribution in [3.05, 3.63) is 81.8 Å². The summed E-state index contributed by atoms with van der Waals surface area (Å²) in [4.78, 5) is 78.2. The fourth-order valence-corrected chi connectivity index (χ4v) is 9.11. The Hall–Kier alpha value is -4.92. The van der Waals surface area contributed by atoms with Crippen LogP contribution in [0.1, 0.15) is 64.4 Å². The van der Waals surface area contributed by atoms with Crippen molar-refractivity contribution >= 4 is 58.3 Å². The molecular formula is C39H42ClFN8O5. The van der Waals surface area contributed by atoms with Crippen LogP contribution in [0.15, 0.2) is 48.7 Å². The molecule has 5 aliphatic rings. The number of halogens is 2. The highest BCUT2D eigenvalue weighted by Crippen LogP contribution is 2.47. The Bertz CT molecular complexity index is 2060. The molecule has 3 saturated heterocycles. The van der Waals surface area contributed by atoms with Crippen LogP contribution >= 0.6 is 11.6 Å². The number of rotatable bonds is 9. The zero-order valence-electron chi connectivity index (χ0n) is 30.1. The topological polar surface area (TPSA) is 138 Å². The molecule has 3 fully saturated rings. The number of aromatic nitrogens is 1. The normalized spacial score (nSPS) is 23.5. The third-order valence-electron chi connectivity index (χ3n) is 11.7. The molecule has 0 radical (unpaired) electrons. The van der Waals surface area contributed by atoms with Crippen molar-refractivity contribution in [2.45, 2.75) is 44.1 Å². The van der Waals surface area contributed by atoms with Crippen LogP contribution in [0, 0.1) is 5.82 Å². The number of carbonyl (C=O) groups excluding carboxylic acids is 5. The summed E-state index contributed by atoms with van der Waals surface area (Å²) in [5.74, 6) is -2.29. The number of nitrogens with zero attached hydrogens (tertiary/aromatic N) is 6. The van der Waals surface area contributed by atoms with Crippen molar-refractivity contribution in [1.82, 2.24) is 25.0 Å². The standard InChI is InChI=1S/C39H42ClFN8O5/c1-2-39(23-43-35-34(39)28(40)9-10-42-35)24-5-3-6-26(19-24)48-18-15-46(22-32(48)51)12-4-11-45-13-16-47(17-14-45)30-21-25(41)20-27-33(30)38(54)49(37(27)53)29-7-8-31(50)44-36(29)52/h3,5-6,9-10,19-21,29H,2,4,7-8,11-18,22-23H2,1H3,(H,42,43)(H,44,50,52). The molecule has 8 rings (SSSR count). The van der Waals surface area contributed by atoms with Crippen molar-refractivity contribution in [3.8, 4) is 0 Å². The molecule has 3 aromatic rings. The number of amides is 5. The molecule has 2 aromatic carbocycles. The molecule has 0 aliphatic carbocycles. The fraction of sp³-hybridized carbons (Fsp3) is 0.436. The minimum absolute atomic E-state index is 0.0107. The van der Waals surface area contributed by atoms with Gasteiger partial charge in [0.05, 0.1) is 23.4 Å². The van der Waals surface area contributed by atoms with Crippen LogP contribution in [-0.2, 0) is 19.8 Å². The molecule has 13 nitrogen and oxygen atoms in total. The minimum atomic E-state index is -1.11. The van der Waals surface area contributed by atoms with E-state index in [2.05, 4.69) is 44.5 Å². The van der Waals surface area contributed by atoms with Gasteiger partial charge in [0.2, 0.25) is 17.7 Å². The van der Waals surface area contributed by atoms with Gasteiger partial charge in [0, 0.05) is 80.1 Å². The van der Waals surface area contributed by atoms with E-state index in [0.29, 0.717) is 56.5 Å². The monoisotopic (exact) mass is 756 g/mol. The van der Waals surface area contributed by atoms with Crippen molar-refractivity contribution in [2.75, 3.05) is 80.6 Å². The van der Waals surface area contributed by atoms with Crippen LogP contribution in [-0.4, -0.2) is 121 Å². The maximum Gasteiger partial charge on any atom is 0.264 e. The van der Waals surface area contributed by atoms with Crippen molar-refractivity contribution < 1.29 is 28.4 Å². The Kier molecular flexibility index (Phi) is 9.61. The number of hydrogen-bond acceptors (Lipinski definition) is 10. The highest BCUT2D eigenvalue weighted by molar-refractivity contribution is 6.32. The first-order chi connectivity index (χ1) is 26.1. The Morgan fingerprint density at radius 3 is 2.48 bits per heavy atom. The van der Waals surface area contributed by atoms with E-state index in [4.69, 9.17) is 11.6 Å². The van der Waals surface area contributed by atoms with Crippen molar-refractivity contribution in [3.63, 3.8) is 0 Å². The zero-order chi connectivity index (χ0) is 37.7. The number of pyridine rings is 1. The average Bonchev–Trinajstić information content (AvgIpc) is 3.67. The summed E-state index contributed by atoms with van der Waals surface area (Å²) in [5, 5.41) is 6.31. The van der Waals surface area contributed by atoms with Crippen LogP contribution in [0.2, 0.25) is 5.02 Å². The van der Waals surface area contributed by atoms with E-state index in [9.17, 15) is 28.4 Å². The maximum atomic E-state index is 14.8. The van der Waals surface area contributed by atoms with Crippen LogP contribution in [0.5, 0.6) is 0 Å². The first kappa shape index (κ1) is 36.1. The lowest BCUT2D eigenvalue weighted by Crippen LogP contribution is -2.54. The van der Waals surface area contributed by atoms with E-state index in [1.807, 2.05) is 28.0 Å². The first-order valence-electron chi connectivity index (χ1n) is 18.6. The SMILES string of the molecule is CCC1(c2cccc(N3CCN(CCCN4CCN(c5cc(F)cc6c5C(=O)N(C5CCC(=O)NC5=O)C6=O)CC4)CC3=O)c2)CNc2nccc(Cl)c21. The van der Waals surface area contributed by atoms with Gasteiger partial charge in [-0.15, -0.1) is 0 Å². The Morgan fingerprint density at radius 2 is 1.72 bits per heavy atom. The zero-order valence-corrected chi connectivity index (χ0v) is 30.8. The second-order valence-corrected chi connectivity index (χ2v) is 15.1. The lowest BCUT2D eigenvalue weighted by Gasteiger charge is -2.38. The van der Waals surface area contributed by atoms with E-state index >= 15 is 0 Å². The molecule has 54 heavy (non-hydrogen) atoms. The number of piperazine rings is 2. The molecule has 282 valence electrons. The van der Waals surface area contributed by atoms with Gasteiger partial charge in [0.25, 0.3) is 11.8 Å². The number of piperidine rings is 1. The summed E-state index contributed by atoms with van der Waals surface area (Å²) in [6.45, 7) is 8.52. The van der Waals surface area contributed by atoms with E-state index in [0.717, 1.165) is 66.1 Å². The van der Waals surface area contributed by atoms with Crippen LogP contribution < -0.4 is 20.4 Å². The second-order valence-electron chi connectivity index (χ2n) is 14.7. The summed E-state index contributed by atoms with van der Waals surface area (Å²) in [5.41, 5.74) is 3.04. The lowest BCUT2D eigenvalue weighted by atomic mass is 9.74. The van der Waals surface area contributed by atoms with Gasteiger partial charge in [-0.25, -0.2) is 9.37 Å². The number of imide groups is 2. The number of carbonyl (C=O) groups is 5. The number of hydrogen-bond donors (Lipinski definition) is 2. The summed E-state index contributed by atoms with van der Waals surface area (Å²) in [6, 6.07) is 11.3. The van der Waals surface area contributed by atoms with Gasteiger partial charge in [0.1, 0.15) is 17.7 Å². The van der Waals surface area contributed by atoms with Crippen LogP contribution in [0.4, 0.5) is 21.6 Å². The number of anilines is 3. The predicted molar refractivity (Wildman–Crippen MR) is 200 cm³/mol. The van der Waals surface area contributed by atoms with E-state index in [1.165, 1.54) is 6.07 Å². The van der Waals surface area contributed by atoms with Gasteiger partial charge in [0.15, 0.2) is 0 Å². The highest BCUT2D eigenvalue weighted by atomic mass is 35.5. The largest absolute Gasteiger partial charge is 0.369 e. The summed E-state index contributed by atoms with van der Waals surface area (Å²) < 4.78 is 14.8. The van der Waals surface area contributed by atoms with E-state index in [1.54, 1.807) is 6.20 Å². The molecule has 15 heteroatoms. The molecule has 0 spiro atoms. The van der Waals surface area contributed by atoms with Crippen LogP contribution in [0.3, 0.4) is 0 Å². The maximum absolute atomic E-state index is 14.8. The average molecular weight is 757 g/mol. The minimum Gasteiger partial charge on any atom is -0.369 e. The Labute approximate surface area is 317 Å². The molecule has 5 amide bonds. The quantitative estimate of drug-likeness (QED) is 0.313. The molecule has 2 atom stereocenters. The summed E-state index contributed by atoms with van der Waals surface area (Å²) >= 11 is 6.69. The molecule has 6 heterocycles. The molecule has 1 aromatic heterocycles. The summed E-state index contributed by atoms with van der Waals surface area (Å²) in [7, 11) is 0. The molecular weight excluding hydrogens is 715 g/mol. The number of benzene rings is 2. The van der Waals surface area contributed by atoms with Gasteiger partial charge in [-0.1, -0.05) is 30.7 Å². The molecule has 0 bridgehead atoms. The van der Waals surface area contributed by atoms with E-state index < -0.39 is 35.5 Å². The van der Waals surface area contributed by atoms with E-state index in [-0.39, 0.29) is 35.3 Å². The first-order valence-corrected chi connectivity index (χ1v) is 19.0. The lowest BCUT2D eigenvalue weighted by molar-refractivity contribution is -0.136. The highest BCUT2D eigenvalue weighted by Gasteiger charge is 2.47. The van der Waals surface area contributed by atoms with Gasteiger partial charge in [-0.3, -0.25) is 44.0 Å². The van der Waals surface area contributed by atoms with Gasteiger partial charge >= 0.3 is 0 Å². The predicted octanol–water partition coefficient (Wildman–Crippen LogP) is 3.26. The van der Waals surface area contributed by atoms with Gasteiger partial charge < -0.3 is 15.1 Å². The third-order valence-corrected chi connectivity index (χ3v) is 12.0. The Morgan fingerprint density at radius 1 is 0.944 bits per heavy atom. The Balaban J connectivity index is 0.846. The van der Waals surface area contributed by atoms with Gasteiger partial charge in [-0.05, 0) is 68.2 Å². The number of fused-ring (bicyclic) bond motifs is 2. The third kappa shape index (κ3) is 6.29. The molecule has 2 unspecified atom stereocenters. The van der Waals surface area contributed by atoms with Crippen LogP contribution in [0.25, 0.3) is 0 Å².